The van der Waals surface area contributed by atoms with Crippen molar-refractivity contribution < 1.29 is 4.79 Å². The first-order valence-corrected chi connectivity index (χ1v) is 7.42. The van der Waals surface area contributed by atoms with Crippen LogP contribution in [0.1, 0.15) is 23.2 Å². The summed E-state index contributed by atoms with van der Waals surface area (Å²) in [6.45, 7) is 2.84. The van der Waals surface area contributed by atoms with Crippen molar-refractivity contribution in [2.75, 3.05) is 19.6 Å². The molecular weight excluding hydrogens is 264 g/mol. The van der Waals surface area contributed by atoms with Gasteiger partial charge in [0.25, 0.3) is 5.91 Å². The number of nitrogens with one attached hydrogen (secondary N) is 2. The Kier molecular flexibility index (Phi) is 4.31. The first kappa shape index (κ1) is 13.8. The van der Waals surface area contributed by atoms with Gasteiger partial charge in [-0.3, -0.25) is 4.79 Å². The number of carbonyl (C=O) groups is 1. The quantitative estimate of drug-likeness (QED) is 0.896. The Bertz CT molecular complexity index is 571. The number of rotatable bonds is 4. The summed E-state index contributed by atoms with van der Waals surface area (Å²) in [5, 5.41) is 10.5. The third kappa shape index (κ3) is 3.49. The lowest BCUT2D eigenvalue weighted by Crippen LogP contribution is -2.38. The summed E-state index contributed by atoms with van der Waals surface area (Å²) in [5.41, 5.74) is 1.64. The third-order valence-corrected chi connectivity index (χ3v) is 3.85. The molecule has 1 saturated heterocycles. The lowest BCUT2D eigenvalue weighted by atomic mass is 9.99. The van der Waals surface area contributed by atoms with Crippen LogP contribution in [0.3, 0.4) is 0 Å². The highest BCUT2D eigenvalue weighted by molar-refractivity contribution is 5.94. The molecule has 2 N–H and O–H groups in total. The van der Waals surface area contributed by atoms with Gasteiger partial charge in [-0.05, 0) is 62.2 Å². The Balaban J connectivity index is 1.57. The number of benzene rings is 1. The second kappa shape index (κ2) is 6.54. The van der Waals surface area contributed by atoms with Gasteiger partial charge in [-0.1, -0.05) is 0 Å². The largest absolute Gasteiger partial charge is 0.352 e. The molecule has 5 heteroatoms. The monoisotopic (exact) mass is 284 g/mol. The van der Waals surface area contributed by atoms with E-state index >= 15 is 0 Å². The van der Waals surface area contributed by atoms with Gasteiger partial charge < -0.3 is 10.6 Å². The van der Waals surface area contributed by atoms with Gasteiger partial charge in [0.2, 0.25) is 0 Å². The van der Waals surface area contributed by atoms with Crippen LogP contribution in [0.4, 0.5) is 0 Å². The molecule has 0 spiro atoms. The molecule has 3 rings (SSSR count). The molecular formula is C16H20N4O. The molecule has 1 aromatic carbocycles. The molecule has 0 aliphatic carbocycles. The Labute approximate surface area is 124 Å². The number of piperidine rings is 1. The molecule has 1 aliphatic rings. The van der Waals surface area contributed by atoms with E-state index in [0.717, 1.165) is 25.3 Å². The van der Waals surface area contributed by atoms with E-state index in [9.17, 15) is 4.79 Å². The fraction of sp³-hybridized carbons (Fsp3) is 0.375. The predicted molar refractivity (Wildman–Crippen MR) is 81.5 cm³/mol. The second-order valence-electron chi connectivity index (χ2n) is 5.42. The zero-order valence-corrected chi connectivity index (χ0v) is 12.0. The molecule has 1 atom stereocenters. The summed E-state index contributed by atoms with van der Waals surface area (Å²) in [6.07, 6.45) is 5.99. The van der Waals surface area contributed by atoms with Crippen molar-refractivity contribution in [2.24, 2.45) is 5.92 Å². The van der Waals surface area contributed by atoms with Crippen LogP contribution in [-0.2, 0) is 0 Å². The lowest BCUT2D eigenvalue weighted by molar-refractivity contribution is 0.0945. The SMILES string of the molecule is O=C(NCC1CCCNC1)c1ccc(-n2cccn2)cc1. The van der Waals surface area contributed by atoms with E-state index in [0.29, 0.717) is 11.5 Å². The zero-order chi connectivity index (χ0) is 14.5. The van der Waals surface area contributed by atoms with Crippen molar-refractivity contribution in [1.29, 1.82) is 0 Å². The van der Waals surface area contributed by atoms with E-state index < -0.39 is 0 Å². The van der Waals surface area contributed by atoms with Crippen LogP contribution < -0.4 is 10.6 Å². The summed E-state index contributed by atoms with van der Waals surface area (Å²) in [6, 6.07) is 9.36. The number of aromatic nitrogens is 2. The van der Waals surface area contributed by atoms with Crippen LogP contribution in [0.15, 0.2) is 42.7 Å². The molecule has 1 amide bonds. The van der Waals surface area contributed by atoms with Crippen molar-refractivity contribution in [1.82, 2.24) is 20.4 Å². The van der Waals surface area contributed by atoms with Gasteiger partial charge >= 0.3 is 0 Å². The van der Waals surface area contributed by atoms with Gasteiger partial charge in [-0.15, -0.1) is 0 Å². The molecule has 0 bridgehead atoms. The average molecular weight is 284 g/mol. The van der Waals surface area contributed by atoms with Gasteiger partial charge in [0.05, 0.1) is 5.69 Å². The van der Waals surface area contributed by atoms with E-state index in [4.69, 9.17) is 0 Å². The molecule has 1 fully saturated rings. The molecule has 2 heterocycles. The van der Waals surface area contributed by atoms with Crippen LogP contribution in [0.5, 0.6) is 0 Å². The molecule has 1 aliphatic heterocycles. The van der Waals surface area contributed by atoms with E-state index in [2.05, 4.69) is 15.7 Å². The highest BCUT2D eigenvalue weighted by Crippen LogP contribution is 2.10. The van der Waals surface area contributed by atoms with Gasteiger partial charge in [0.1, 0.15) is 0 Å². The van der Waals surface area contributed by atoms with Crippen molar-refractivity contribution in [3.05, 3.63) is 48.3 Å². The molecule has 0 radical (unpaired) electrons. The minimum absolute atomic E-state index is 0.00686. The summed E-state index contributed by atoms with van der Waals surface area (Å²) in [5.74, 6) is 0.540. The number of amides is 1. The Morgan fingerprint density at radius 2 is 2.24 bits per heavy atom. The van der Waals surface area contributed by atoms with Gasteiger partial charge in [-0.2, -0.15) is 5.10 Å². The van der Waals surface area contributed by atoms with Gasteiger partial charge in [0.15, 0.2) is 0 Å². The highest BCUT2D eigenvalue weighted by atomic mass is 16.1. The maximum absolute atomic E-state index is 12.1. The predicted octanol–water partition coefficient (Wildman–Crippen LogP) is 1.60. The first-order chi connectivity index (χ1) is 10.3. The number of nitrogens with zero attached hydrogens (tertiary/aromatic N) is 2. The number of hydrogen-bond donors (Lipinski definition) is 2. The molecule has 1 aromatic heterocycles. The van der Waals surface area contributed by atoms with Gasteiger partial charge in [0, 0.05) is 24.5 Å². The first-order valence-electron chi connectivity index (χ1n) is 7.42. The van der Waals surface area contributed by atoms with Crippen molar-refractivity contribution in [3.8, 4) is 5.69 Å². The number of hydrogen-bond acceptors (Lipinski definition) is 3. The summed E-state index contributed by atoms with van der Waals surface area (Å²) in [7, 11) is 0. The van der Waals surface area contributed by atoms with Crippen molar-refractivity contribution in [2.45, 2.75) is 12.8 Å². The number of carbonyl (C=O) groups excluding carboxylic acids is 1. The van der Waals surface area contributed by atoms with E-state index in [-0.39, 0.29) is 5.91 Å². The smallest absolute Gasteiger partial charge is 0.251 e. The normalized spacial score (nSPS) is 18.4. The average Bonchev–Trinajstić information content (AvgIpc) is 3.08. The summed E-state index contributed by atoms with van der Waals surface area (Å²) < 4.78 is 1.77. The highest BCUT2D eigenvalue weighted by Gasteiger charge is 2.14. The topological polar surface area (TPSA) is 59.0 Å². The standard InChI is InChI=1S/C16H20N4O/c21-16(18-12-13-3-1-8-17-11-13)14-4-6-15(7-5-14)20-10-2-9-19-20/h2,4-7,9-10,13,17H,1,3,8,11-12H2,(H,18,21). The molecule has 110 valence electrons. The summed E-state index contributed by atoms with van der Waals surface area (Å²) in [4.78, 5) is 12.1. The molecule has 21 heavy (non-hydrogen) atoms. The Morgan fingerprint density at radius 1 is 1.38 bits per heavy atom. The van der Waals surface area contributed by atoms with E-state index in [1.807, 2.05) is 36.5 Å². The fourth-order valence-electron chi connectivity index (χ4n) is 2.62. The minimum Gasteiger partial charge on any atom is -0.352 e. The third-order valence-electron chi connectivity index (χ3n) is 3.85. The minimum atomic E-state index is -0.00686. The molecule has 1 unspecified atom stereocenters. The lowest BCUT2D eigenvalue weighted by Gasteiger charge is -2.22. The maximum atomic E-state index is 12.1. The van der Waals surface area contributed by atoms with Gasteiger partial charge in [-0.25, -0.2) is 4.68 Å². The van der Waals surface area contributed by atoms with Crippen LogP contribution in [0.2, 0.25) is 0 Å². The van der Waals surface area contributed by atoms with Crippen molar-refractivity contribution in [3.63, 3.8) is 0 Å². The molecule has 5 nitrogen and oxygen atoms in total. The molecule has 0 saturated carbocycles. The maximum Gasteiger partial charge on any atom is 0.251 e. The zero-order valence-electron chi connectivity index (χ0n) is 12.0. The fourth-order valence-corrected chi connectivity index (χ4v) is 2.62. The van der Waals surface area contributed by atoms with Crippen LogP contribution in [0, 0.1) is 5.92 Å². The van der Waals surface area contributed by atoms with E-state index in [1.165, 1.54) is 12.8 Å². The Morgan fingerprint density at radius 3 is 2.90 bits per heavy atom. The van der Waals surface area contributed by atoms with E-state index in [1.54, 1.807) is 10.9 Å². The second-order valence-corrected chi connectivity index (χ2v) is 5.42. The van der Waals surface area contributed by atoms with Crippen LogP contribution >= 0.6 is 0 Å². The summed E-state index contributed by atoms with van der Waals surface area (Å²) >= 11 is 0. The van der Waals surface area contributed by atoms with Crippen LogP contribution in [-0.4, -0.2) is 35.3 Å². The molecule has 2 aromatic rings. The van der Waals surface area contributed by atoms with Crippen molar-refractivity contribution >= 4 is 5.91 Å². The Hall–Kier alpha value is -2.14. The van der Waals surface area contributed by atoms with Crippen LogP contribution in [0.25, 0.3) is 5.69 Å².